The molecule has 94 valence electrons. The zero-order valence-electron chi connectivity index (χ0n) is 10.2. The minimum absolute atomic E-state index is 0.0395. The third kappa shape index (κ3) is 3.73. The summed E-state index contributed by atoms with van der Waals surface area (Å²) in [6, 6.07) is -0.191. The van der Waals surface area contributed by atoms with E-state index in [9.17, 15) is 4.79 Å². The first-order valence-corrected chi connectivity index (χ1v) is 5.72. The molecular formula is C11H22N2O3. The van der Waals surface area contributed by atoms with Gasteiger partial charge in [0.1, 0.15) is 6.61 Å². The Hall–Kier alpha value is -0.650. The monoisotopic (exact) mass is 230 g/mol. The molecule has 0 radical (unpaired) electrons. The number of aliphatic hydroxyl groups excluding tert-OH is 1. The molecule has 1 rings (SSSR count). The number of hydrogen-bond acceptors (Lipinski definition) is 4. The molecule has 5 heteroatoms. The summed E-state index contributed by atoms with van der Waals surface area (Å²) < 4.78 is 5.50. The summed E-state index contributed by atoms with van der Waals surface area (Å²) in [6.45, 7) is 7.48. The van der Waals surface area contributed by atoms with Crippen LogP contribution in [0.25, 0.3) is 0 Å². The number of ether oxygens (including phenoxy) is 1. The van der Waals surface area contributed by atoms with Crippen LogP contribution >= 0.6 is 0 Å². The highest BCUT2D eigenvalue weighted by molar-refractivity contribution is 5.77. The quantitative estimate of drug-likeness (QED) is 0.575. The van der Waals surface area contributed by atoms with Crippen LogP contribution < -0.4 is 10.6 Å². The molecule has 1 heterocycles. The predicted octanol–water partition coefficient (Wildman–Crippen LogP) is -0.502. The lowest BCUT2D eigenvalue weighted by atomic mass is 10.0. The van der Waals surface area contributed by atoms with Gasteiger partial charge in [-0.3, -0.25) is 4.79 Å². The molecule has 16 heavy (non-hydrogen) atoms. The van der Waals surface area contributed by atoms with E-state index in [-0.39, 0.29) is 36.7 Å². The molecule has 1 amide bonds. The van der Waals surface area contributed by atoms with Crippen molar-refractivity contribution in [1.29, 1.82) is 0 Å². The Bertz CT molecular complexity index is 239. The largest absolute Gasteiger partial charge is 0.394 e. The molecule has 0 saturated carbocycles. The second kappa shape index (κ2) is 5.61. The number of carbonyl (C=O) groups is 1. The van der Waals surface area contributed by atoms with Crippen LogP contribution in [0, 0.1) is 5.92 Å². The van der Waals surface area contributed by atoms with Crippen molar-refractivity contribution in [3.05, 3.63) is 0 Å². The minimum atomic E-state index is -0.204. The van der Waals surface area contributed by atoms with E-state index >= 15 is 0 Å². The van der Waals surface area contributed by atoms with E-state index in [0.29, 0.717) is 0 Å². The zero-order chi connectivity index (χ0) is 12.2. The summed E-state index contributed by atoms with van der Waals surface area (Å²) in [5.74, 6) is 0.0516. The molecule has 0 aromatic heterocycles. The molecular weight excluding hydrogens is 208 g/mol. The maximum atomic E-state index is 11.5. The highest BCUT2D eigenvalue weighted by atomic mass is 16.5. The van der Waals surface area contributed by atoms with E-state index in [2.05, 4.69) is 10.6 Å². The summed E-state index contributed by atoms with van der Waals surface area (Å²) >= 11 is 0. The van der Waals surface area contributed by atoms with E-state index in [4.69, 9.17) is 9.84 Å². The van der Waals surface area contributed by atoms with Gasteiger partial charge in [-0.05, 0) is 12.8 Å². The van der Waals surface area contributed by atoms with Crippen molar-refractivity contribution in [2.24, 2.45) is 5.92 Å². The highest BCUT2D eigenvalue weighted by Crippen LogP contribution is 2.14. The lowest BCUT2D eigenvalue weighted by Gasteiger charge is -2.38. The number of hydrogen-bond donors (Lipinski definition) is 3. The first kappa shape index (κ1) is 13.4. The van der Waals surface area contributed by atoms with Gasteiger partial charge in [0.25, 0.3) is 0 Å². The van der Waals surface area contributed by atoms with Crippen molar-refractivity contribution >= 4 is 5.91 Å². The fraction of sp³-hybridized carbons (Fsp3) is 0.909. The van der Waals surface area contributed by atoms with Crippen LogP contribution in [0.3, 0.4) is 0 Å². The standard InChI is InChI=1S/C11H22N2O3/c1-8(2)9(4-14)13-10(15)5-16-11(3)6-12-7-11/h8-9,12,14H,4-7H2,1-3H3,(H,13,15)/t9-/m1/s1. The van der Waals surface area contributed by atoms with E-state index in [1.165, 1.54) is 0 Å². The van der Waals surface area contributed by atoms with Crippen LogP contribution in [0.15, 0.2) is 0 Å². The molecule has 0 bridgehead atoms. The summed E-state index contributed by atoms with van der Waals surface area (Å²) in [5, 5.41) is 14.9. The van der Waals surface area contributed by atoms with Crippen molar-refractivity contribution in [2.75, 3.05) is 26.3 Å². The summed E-state index contributed by atoms with van der Waals surface area (Å²) in [7, 11) is 0. The van der Waals surface area contributed by atoms with Crippen LogP contribution in [0.5, 0.6) is 0 Å². The average Bonchev–Trinajstić information content (AvgIpc) is 2.19. The topological polar surface area (TPSA) is 70.6 Å². The molecule has 1 fully saturated rings. The van der Waals surface area contributed by atoms with Gasteiger partial charge in [0.2, 0.25) is 5.91 Å². The Morgan fingerprint density at radius 3 is 2.56 bits per heavy atom. The number of rotatable bonds is 6. The smallest absolute Gasteiger partial charge is 0.246 e. The minimum Gasteiger partial charge on any atom is -0.394 e. The van der Waals surface area contributed by atoms with Crippen LogP contribution in [0.1, 0.15) is 20.8 Å². The Labute approximate surface area is 96.6 Å². The fourth-order valence-electron chi connectivity index (χ4n) is 1.49. The van der Waals surface area contributed by atoms with Crippen LogP contribution in [-0.2, 0) is 9.53 Å². The molecule has 0 aromatic rings. The third-order valence-corrected chi connectivity index (χ3v) is 2.90. The van der Waals surface area contributed by atoms with Gasteiger partial charge in [-0.15, -0.1) is 0 Å². The Kier molecular flexibility index (Phi) is 4.70. The summed E-state index contributed by atoms with van der Waals surface area (Å²) in [6.07, 6.45) is 0. The first-order valence-electron chi connectivity index (χ1n) is 5.72. The molecule has 0 spiro atoms. The van der Waals surface area contributed by atoms with E-state index < -0.39 is 0 Å². The molecule has 1 atom stereocenters. The van der Waals surface area contributed by atoms with Gasteiger partial charge in [-0.1, -0.05) is 13.8 Å². The van der Waals surface area contributed by atoms with Crippen molar-refractivity contribution in [1.82, 2.24) is 10.6 Å². The number of nitrogens with one attached hydrogen (secondary N) is 2. The van der Waals surface area contributed by atoms with Crippen molar-refractivity contribution in [3.8, 4) is 0 Å². The molecule has 1 saturated heterocycles. The number of amides is 1. The predicted molar refractivity (Wildman–Crippen MR) is 61.1 cm³/mol. The summed E-state index contributed by atoms with van der Waals surface area (Å²) in [4.78, 5) is 11.5. The van der Waals surface area contributed by atoms with Crippen LogP contribution in [0.2, 0.25) is 0 Å². The second-order valence-electron chi connectivity index (χ2n) is 4.94. The molecule has 0 aromatic carbocycles. The number of aliphatic hydroxyl groups is 1. The van der Waals surface area contributed by atoms with Gasteiger partial charge in [0, 0.05) is 13.1 Å². The Balaban J connectivity index is 2.24. The van der Waals surface area contributed by atoms with E-state index in [0.717, 1.165) is 13.1 Å². The molecule has 5 nitrogen and oxygen atoms in total. The van der Waals surface area contributed by atoms with Gasteiger partial charge in [0.15, 0.2) is 0 Å². The lowest BCUT2D eigenvalue weighted by Crippen LogP contribution is -2.60. The highest BCUT2D eigenvalue weighted by Gasteiger charge is 2.33. The summed E-state index contributed by atoms with van der Waals surface area (Å²) in [5.41, 5.74) is -0.204. The van der Waals surface area contributed by atoms with Gasteiger partial charge in [-0.25, -0.2) is 0 Å². The third-order valence-electron chi connectivity index (χ3n) is 2.90. The van der Waals surface area contributed by atoms with Crippen LogP contribution in [0.4, 0.5) is 0 Å². The van der Waals surface area contributed by atoms with Gasteiger partial charge < -0.3 is 20.5 Å². The second-order valence-corrected chi connectivity index (χ2v) is 4.94. The maximum Gasteiger partial charge on any atom is 0.246 e. The van der Waals surface area contributed by atoms with Crippen molar-refractivity contribution in [3.63, 3.8) is 0 Å². The van der Waals surface area contributed by atoms with Gasteiger partial charge >= 0.3 is 0 Å². The normalized spacial score (nSPS) is 20.3. The molecule has 3 N–H and O–H groups in total. The first-order chi connectivity index (χ1) is 7.47. The van der Waals surface area contributed by atoms with Crippen molar-refractivity contribution in [2.45, 2.75) is 32.4 Å². The lowest BCUT2D eigenvalue weighted by molar-refractivity contribution is -0.137. The van der Waals surface area contributed by atoms with Crippen molar-refractivity contribution < 1.29 is 14.6 Å². The molecule has 1 aliphatic heterocycles. The maximum absolute atomic E-state index is 11.5. The Morgan fingerprint density at radius 1 is 1.56 bits per heavy atom. The average molecular weight is 230 g/mol. The fourth-order valence-corrected chi connectivity index (χ4v) is 1.49. The zero-order valence-corrected chi connectivity index (χ0v) is 10.2. The van der Waals surface area contributed by atoms with E-state index in [1.54, 1.807) is 0 Å². The SMILES string of the molecule is CC(C)[C@@H](CO)NC(=O)COC1(C)CNC1. The van der Waals surface area contributed by atoms with E-state index in [1.807, 2.05) is 20.8 Å². The van der Waals surface area contributed by atoms with Crippen LogP contribution in [-0.4, -0.2) is 49.0 Å². The molecule has 0 unspecified atom stereocenters. The number of carbonyl (C=O) groups excluding carboxylic acids is 1. The van der Waals surface area contributed by atoms with Gasteiger partial charge in [0.05, 0.1) is 18.2 Å². The molecule has 0 aliphatic carbocycles. The molecule has 1 aliphatic rings. The van der Waals surface area contributed by atoms with Gasteiger partial charge in [-0.2, -0.15) is 0 Å². The Morgan fingerprint density at radius 2 is 2.19 bits per heavy atom.